The topological polar surface area (TPSA) is 45.7 Å². The smallest absolute Gasteiger partial charge is 0.191 e. The quantitative estimate of drug-likeness (QED) is 0.421. The Labute approximate surface area is 145 Å². The molecule has 0 spiro atoms. The van der Waals surface area contributed by atoms with E-state index in [1.165, 1.54) is 0 Å². The van der Waals surface area contributed by atoms with Crippen LogP contribution in [-0.4, -0.2) is 48.8 Å². The minimum atomic E-state index is 0. The fraction of sp³-hybridized carbons (Fsp3) is 0.929. The fourth-order valence-electron chi connectivity index (χ4n) is 2.06. The van der Waals surface area contributed by atoms with E-state index in [-0.39, 0.29) is 34.3 Å². The van der Waals surface area contributed by atoms with Gasteiger partial charge in [-0.05, 0) is 46.8 Å². The second-order valence-electron chi connectivity index (χ2n) is 6.07. The number of ether oxygens (including phenoxy) is 1. The van der Waals surface area contributed by atoms with Crippen molar-refractivity contribution in [2.75, 3.05) is 32.6 Å². The molecule has 2 N–H and O–H groups in total. The molecular weight excluding hydrogens is 385 g/mol. The number of thioether (sulfide) groups is 1. The van der Waals surface area contributed by atoms with Crippen LogP contribution in [0.4, 0.5) is 0 Å². The average Bonchev–Trinajstić information content (AvgIpc) is 2.36. The average molecular weight is 415 g/mol. The molecule has 0 aromatic rings. The van der Waals surface area contributed by atoms with Crippen LogP contribution in [0.1, 0.15) is 40.5 Å². The van der Waals surface area contributed by atoms with Crippen molar-refractivity contribution in [3.63, 3.8) is 0 Å². The zero-order valence-electron chi connectivity index (χ0n) is 13.4. The summed E-state index contributed by atoms with van der Waals surface area (Å²) in [6.45, 7) is 12.0. The normalized spacial score (nSPS) is 19.1. The zero-order valence-corrected chi connectivity index (χ0v) is 16.6. The molecule has 0 bridgehead atoms. The Kier molecular flexibility index (Phi) is 9.50. The summed E-state index contributed by atoms with van der Waals surface area (Å²) in [5, 5.41) is 6.75. The SMILES string of the molecule is CCNC(=NCC1(SC)CCOCC1)NC(C)(C)C.I. The van der Waals surface area contributed by atoms with Gasteiger partial charge in [-0.1, -0.05) is 0 Å². The van der Waals surface area contributed by atoms with Gasteiger partial charge in [-0.2, -0.15) is 11.8 Å². The Bertz CT molecular complexity index is 299. The summed E-state index contributed by atoms with van der Waals surface area (Å²) in [5.74, 6) is 0.912. The molecule has 120 valence electrons. The van der Waals surface area contributed by atoms with Crippen LogP contribution in [0, 0.1) is 0 Å². The lowest BCUT2D eigenvalue weighted by Crippen LogP contribution is -2.48. The summed E-state index contributed by atoms with van der Waals surface area (Å²) >= 11 is 1.93. The van der Waals surface area contributed by atoms with E-state index in [1.54, 1.807) is 0 Å². The molecule has 0 amide bonds. The molecule has 0 aromatic heterocycles. The van der Waals surface area contributed by atoms with Gasteiger partial charge >= 0.3 is 0 Å². The van der Waals surface area contributed by atoms with Crippen molar-refractivity contribution in [3.8, 4) is 0 Å². The van der Waals surface area contributed by atoms with Crippen LogP contribution in [0.3, 0.4) is 0 Å². The Morgan fingerprint density at radius 2 is 1.90 bits per heavy atom. The van der Waals surface area contributed by atoms with Crippen LogP contribution in [-0.2, 0) is 4.74 Å². The zero-order chi connectivity index (χ0) is 14.4. The second-order valence-corrected chi connectivity index (χ2v) is 7.34. The highest BCUT2D eigenvalue weighted by atomic mass is 127. The number of nitrogens with one attached hydrogen (secondary N) is 2. The monoisotopic (exact) mass is 415 g/mol. The van der Waals surface area contributed by atoms with E-state index in [0.717, 1.165) is 45.1 Å². The van der Waals surface area contributed by atoms with Crippen LogP contribution >= 0.6 is 35.7 Å². The van der Waals surface area contributed by atoms with Crippen molar-refractivity contribution in [1.29, 1.82) is 0 Å². The first-order valence-electron chi connectivity index (χ1n) is 7.10. The first-order valence-corrected chi connectivity index (χ1v) is 8.33. The third-order valence-electron chi connectivity index (χ3n) is 3.20. The van der Waals surface area contributed by atoms with E-state index in [4.69, 9.17) is 9.73 Å². The maximum Gasteiger partial charge on any atom is 0.191 e. The van der Waals surface area contributed by atoms with E-state index in [1.807, 2.05) is 11.8 Å². The molecule has 1 rings (SSSR count). The molecule has 0 radical (unpaired) electrons. The van der Waals surface area contributed by atoms with Crippen molar-refractivity contribution in [2.45, 2.75) is 50.8 Å². The summed E-state index contributed by atoms with van der Waals surface area (Å²) in [6, 6.07) is 0. The second kappa shape index (κ2) is 9.35. The molecule has 0 saturated carbocycles. The van der Waals surface area contributed by atoms with Crippen molar-refractivity contribution >= 4 is 41.7 Å². The van der Waals surface area contributed by atoms with Gasteiger partial charge in [0, 0.05) is 30.0 Å². The third-order valence-corrected chi connectivity index (χ3v) is 4.60. The lowest BCUT2D eigenvalue weighted by atomic mass is 9.99. The van der Waals surface area contributed by atoms with E-state index >= 15 is 0 Å². The standard InChI is InChI=1S/C14H29N3OS.HI/c1-6-15-12(17-13(2,3)4)16-11-14(19-5)7-9-18-10-8-14;/h6-11H2,1-5H3,(H2,15,16,17);1H. The van der Waals surface area contributed by atoms with Gasteiger partial charge in [-0.25, -0.2) is 0 Å². The Morgan fingerprint density at radius 1 is 1.30 bits per heavy atom. The van der Waals surface area contributed by atoms with Gasteiger partial charge in [-0.15, -0.1) is 24.0 Å². The predicted molar refractivity (Wildman–Crippen MR) is 101 cm³/mol. The number of hydrogen-bond acceptors (Lipinski definition) is 3. The summed E-state index contributed by atoms with van der Waals surface area (Å²) < 4.78 is 5.72. The lowest BCUT2D eigenvalue weighted by Gasteiger charge is -2.34. The predicted octanol–water partition coefficient (Wildman–Crippen LogP) is 2.87. The molecule has 20 heavy (non-hydrogen) atoms. The maximum absolute atomic E-state index is 5.47. The van der Waals surface area contributed by atoms with Gasteiger partial charge in [0.25, 0.3) is 0 Å². The molecule has 0 aliphatic carbocycles. The van der Waals surface area contributed by atoms with Crippen LogP contribution in [0.25, 0.3) is 0 Å². The minimum Gasteiger partial charge on any atom is -0.381 e. The molecule has 1 heterocycles. The Morgan fingerprint density at radius 3 is 2.35 bits per heavy atom. The molecule has 0 unspecified atom stereocenters. The molecule has 6 heteroatoms. The largest absolute Gasteiger partial charge is 0.381 e. The van der Waals surface area contributed by atoms with Crippen molar-refractivity contribution < 1.29 is 4.74 Å². The van der Waals surface area contributed by atoms with Crippen LogP contribution in [0.15, 0.2) is 4.99 Å². The first-order chi connectivity index (χ1) is 8.91. The van der Waals surface area contributed by atoms with E-state index in [2.05, 4.69) is 44.6 Å². The highest BCUT2D eigenvalue weighted by Crippen LogP contribution is 2.33. The molecular formula is C14H30IN3OS. The van der Waals surface area contributed by atoms with Gasteiger partial charge in [0.15, 0.2) is 5.96 Å². The minimum absolute atomic E-state index is 0. The number of halogens is 1. The van der Waals surface area contributed by atoms with Crippen molar-refractivity contribution in [1.82, 2.24) is 10.6 Å². The molecule has 0 aromatic carbocycles. The van der Waals surface area contributed by atoms with Crippen molar-refractivity contribution in [3.05, 3.63) is 0 Å². The highest BCUT2D eigenvalue weighted by Gasteiger charge is 2.31. The molecule has 1 fully saturated rings. The van der Waals surface area contributed by atoms with Crippen LogP contribution in [0.2, 0.25) is 0 Å². The lowest BCUT2D eigenvalue weighted by molar-refractivity contribution is 0.0794. The van der Waals surface area contributed by atoms with Gasteiger partial charge in [0.05, 0.1) is 6.54 Å². The number of nitrogens with zero attached hydrogens (tertiary/aromatic N) is 1. The summed E-state index contributed by atoms with van der Waals surface area (Å²) in [7, 11) is 0. The van der Waals surface area contributed by atoms with Gasteiger partial charge in [0.1, 0.15) is 0 Å². The molecule has 1 aliphatic rings. The molecule has 4 nitrogen and oxygen atoms in total. The van der Waals surface area contributed by atoms with Crippen molar-refractivity contribution in [2.24, 2.45) is 4.99 Å². The fourth-order valence-corrected chi connectivity index (χ4v) is 2.82. The van der Waals surface area contributed by atoms with Crippen LogP contribution in [0.5, 0.6) is 0 Å². The number of aliphatic imine (C=N–C) groups is 1. The van der Waals surface area contributed by atoms with Gasteiger partial charge in [0.2, 0.25) is 0 Å². The Hall–Kier alpha value is 0.310. The maximum atomic E-state index is 5.47. The van der Waals surface area contributed by atoms with E-state index < -0.39 is 0 Å². The van der Waals surface area contributed by atoms with E-state index in [9.17, 15) is 0 Å². The summed E-state index contributed by atoms with van der Waals surface area (Å²) in [6.07, 6.45) is 4.37. The Balaban J connectivity index is 0.00000361. The van der Waals surface area contributed by atoms with E-state index in [0.29, 0.717) is 0 Å². The third kappa shape index (κ3) is 7.36. The van der Waals surface area contributed by atoms with Crippen LogP contribution < -0.4 is 10.6 Å². The molecule has 1 aliphatic heterocycles. The number of hydrogen-bond donors (Lipinski definition) is 2. The highest BCUT2D eigenvalue weighted by molar-refractivity contribution is 14.0. The first kappa shape index (κ1) is 20.3. The number of rotatable bonds is 4. The molecule has 0 atom stereocenters. The van der Waals surface area contributed by atoms with Gasteiger partial charge < -0.3 is 15.4 Å². The molecule has 1 saturated heterocycles. The van der Waals surface area contributed by atoms with Gasteiger partial charge in [-0.3, -0.25) is 4.99 Å². The summed E-state index contributed by atoms with van der Waals surface area (Å²) in [4.78, 5) is 4.78. The summed E-state index contributed by atoms with van der Waals surface area (Å²) in [5.41, 5.74) is 0.0310. The number of guanidine groups is 1.